The lowest BCUT2D eigenvalue weighted by Crippen LogP contribution is -2.42. The Kier molecular flexibility index (Phi) is 4.63. The van der Waals surface area contributed by atoms with Crippen molar-refractivity contribution in [1.29, 1.82) is 0 Å². The predicted molar refractivity (Wildman–Crippen MR) is 69.2 cm³/mol. The van der Waals surface area contributed by atoms with Gasteiger partial charge in [0.1, 0.15) is 5.41 Å². The summed E-state index contributed by atoms with van der Waals surface area (Å²) in [5.74, 6) is -3.79. The first-order chi connectivity index (χ1) is 9.36. The minimum Gasteiger partial charge on any atom is -0.480 e. The van der Waals surface area contributed by atoms with Crippen molar-refractivity contribution >= 4 is 17.9 Å². The van der Waals surface area contributed by atoms with Crippen LogP contribution in [0.2, 0.25) is 0 Å². The minimum atomic E-state index is -2.06. The third-order valence-electron chi connectivity index (χ3n) is 3.04. The Morgan fingerprint density at radius 3 is 2.15 bits per heavy atom. The molecular formula is C14H14O6. The monoisotopic (exact) mass is 278 g/mol. The lowest BCUT2D eigenvalue weighted by atomic mass is 9.72. The first kappa shape index (κ1) is 15.4. The first-order valence-corrected chi connectivity index (χ1v) is 5.64. The highest BCUT2D eigenvalue weighted by Gasteiger charge is 2.48. The molecule has 0 amide bonds. The van der Waals surface area contributed by atoms with Crippen LogP contribution in [0.25, 0.3) is 0 Å². The summed E-state index contributed by atoms with van der Waals surface area (Å²) in [6.45, 7) is 3.32. The van der Waals surface area contributed by atoms with Gasteiger partial charge in [0.25, 0.3) is 0 Å². The molecule has 0 spiro atoms. The molecule has 1 rings (SSSR count). The van der Waals surface area contributed by atoms with E-state index in [1.54, 1.807) is 18.2 Å². The van der Waals surface area contributed by atoms with Gasteiger partial charge in [-0.25, -0.2) is 4.79 Å². The summed E-state index contributed by atoms with van der Waals surface area (Å²) in [7, 11) is 1.10. The van der Waals surface area contributed by atoms with Crippen LogP contribution in [0.3, 0.4) is 0 Å². The topological polar surface area (TPSA) is 101 Å². The van der Waals surface area contributed by atoms with Crippen molar-refractivity contribution in [2.45, 2.75) is 11.8 Å². The standard InChI is InChI=1S/C14H14O6/c1-9(12(16)17)14(13(18)19,8-11(15)20-2)10-6-4-3-5-7-10/h3-7H,1,8H2,2H3,(H,16,17)(H,18,19). The quantitative estimate of drug-likeness (QED) is 0.599. The smallest absolute Gasteiger partial charge is 0.332 e. The van der Waals surface area contributed by atoms with Crippen LogP contribution in [0, 0.1) is 0 Å². The molecule has 0 aromatic heterocycles. The largest absolute Gasteiger partial charge is 0.480 e. The zero-order valence-electron chi connectivity index (χ0n) is 10.8. The number of carbonyl (C=O) groups is 3. The molecule has 20 heavy (non-hydrogen) atoms. The Hall–Kier alpha value is -2.63. The summed E-state index contributed by atoms with van der Waals surface area (Å²) in [4.78, 5) is 34.4. The average molecular weight is 278 g/mol. The van der Waals surface area contributed by atoms with Gasteiger partial charge in [-0.3, -0.25) is 9.59 Å². The molecule has 0 saturated carbocycles. The van der Waals surface area contributed by atoms with Gasteiger partial charge >= 0.3 is 17.9 Å². The lowest BCUT2D eigenvalue weighted by molar-refractivity contribution is -0.152. The van der Waals surface area contributed by atoms with Gasteiger partial charge in [0.15, 0.2) is 0 Å². The Labute approximate surface area is 115 Å². The van der Waals surface area contributed by atoms with E-state index in [2.05, 4.69) is 11.3 Å². The van der Waals surface area contributed by atoms with Crippen LogP contribution in [0.1, 0.15) is 12.0 Å². The predicted octanol–water partition coefficient (Wildman–Crippen LogP) is 1.21. The maximum absolute atomic E-state index is 11.7. The van der Waals surface area contributed by atoms with Gasteiger partial charge in [-0.1, -0.05) is 36.9 Å². The Bertz CT molecular complexity index is 548. The number of hydrogen-bond donors (Lipinski definition) is 2. The van der Waals surface area contributed by atoms with Crippen LogP contribution < -0.4 is 0 Å². The van der Waals surface area contributed by atoms with Gasteiger partial charge in [-0.15, -0.1) is 0 Å². The third-order valence-corrected chi connectivity index (χ3v) is 3.04. The van der Waals surface area contributed by atoms with Crippen molar-refractivity contribution in [3.05, 3.63) is 48.0 Å². The van der Waals surface area contributed by atoms with E-state index >= 15 is 0 Å². The van der Waals surface area contributed by atoms with Crippen LogP contribution in [0.5, 0.6) is 0 Å². The fourth-order valence-corrected chi connectivity index (χ4v) is 1.91. The van der Waals surface area contributed by atoms with E-state index in [1.165, 1.54) is 12.1 Å². The molecule has 0 aliphatic carbocycles. The van der Waals surface area contributed by atoms with Gasteiger partial charge in [-0.05, 0) is 5.56 Å². The summed E-state index contributed by atoms with van der Waals surface area (Å²) in [6, 6.07) is 7.63. The zero-order chi connectivity index (χ0) is 15.3. The fourth-order valence-electron chi connectivity index (χ4n) is 1.91. The number of carbonyl (C=O) groups excluding carboxylic acids is 1. The molecule has 0 saturated heterocycles. The molecule has 0 radical (unpaired) electrons. The first-order valence-electron chi connectivity index (χ1n) is 5.64. The van der Waals surface area contributed by atoms with Crippen molar-refractivity contribution in [2.24, 2.45) is 0 Å². The highest BCUT2D eigenvalue weighted by Crippen LogP contribution is 2.36. The Morgan fingerprint density at radius 2 is 1.75 bits per heavy atom. The Morgan fingerprint density at radius 1 is 1.20 bits per heavy atom. The normalized spacial score (nSPS) is 13.1. The number of carboxylic acid groups (broad SMARTS) is 2. The number of hydrogen-bond acceptors (Lipinski definition) is 4. The number of carboxylic acids is 2. The molecule has 106 valence electrons. The third kappa shape index (κ3) is 2.69. The summed E-state index contributed by atoms with van der Waals surface area (Å²) in [6.07, 6.45) is -0.645. The number of rotatable bonds is 6. The van der Waals surface area contributed by atoms with Crippen molar-refractivity contribution < 1.29 is 29.3 Å². The van der Waals surface area contributed by atoms with Crippen LogP contribution in [-0.4, -0.2) is 35.2 Å². The van der Waals surface area contributed by atoms with E-state index in [1.807, 2.05) is 0 Å². The number of aliphatic carboxylic acids is 2. The van der Waals surface area contributed by atoms with E-state index in [4.69, 9.17) is 5.11 Å². The molecule has 2 N–H and O–H groups in total. The molecule has 0 aliphatic heterocycles. The van der Waals surface area contributed by atoms with Crippen molar-refractivity contribution in [2.75, 3.05) is 7.11 Å². The lowest BCUT2D eigenvalue weighted by Gasteiger charge is -2.29. The Balaban J connectivity index is 3.51. The number of ether oxygens (including phenoxy) is 1. The molecular weight excluding hydrogens is 264 g/mol. The summed E-state index contributed by atoms with van der Waals surface area (Å²) in [5.41, 5.74) is -2.49. The second-order valence-corrected chi connectivity index (χ2v) is 4.11. The van der Waals surface area contributed by atoms with Crippen molar-refractivity contribution in [3.63, 3.8) is 0 Å². The summed E-state index contributed by atoms with van der Waals surface area (Å²) < 4.78 is 4.47. The molecule has 0 bridgehead atoms. The zero-order valence-corrected chi connectivity index (χ0v) is 10.8. The fraction of sp³-hybridized carbons (Fsp3) is 0.214. The van der Waals surface area contributed by atoms with E-state index in [0.717, 1.165) is 7.11 Å². The molecule has 0 heterocycles. The average Bonchev–Trinajstić information content (AvgIpc) is 2.44. The van der Waals surface area contributed by atoms with Crippen molar-refractivity contribution in [1.82, 2.24) is 0 Å². The second-order valence-electron chi connectivity index (χ2n) is 4.11. The van der Waals surface area contributed by atoms with E-state index in [9.17, 15) is 19.5 Å². The van der Waals surface area contributed by atoms with Gasteiger partial charge in [0, 0.05) is 0 Å². The molecule has 0 fully saturated rings. The SMILES string of the molecule is C=C(C(=O)O)C(CC(=O)OC)(C(=O)O)c1ccccc1. The van der Waals surface area contributed by atoms with Crippen molar-refractivity contribution in [3.8, 4) is 0 Å². The van der Waals surface area contributed by atoms with Crippen LogP contribution in [0.4, 0.5) is 0 Å². The van der Waals surface area contributed by atoms with Crippen LogP contribution in [0.15, 0.2) is 42.5 Å². The minimum absolute atomic E-state index is 0.158. The van der Waals surface area contributed by atoms with Gasteiger partial charge in [-0.2, -0.15) is 0 Å². The molecule has 1 aromatic rings. The number of methoxy groups -OCH3 is 1. The summed E-state index contributed by atoms with van der Waals surface area (Å²) in [5, 5.41) is 18.6. The molecule has 0 aliphatic rings. The highest BCUT2D eigenvalue weighted by atomic mass is 16.5. The molecule has 1 atom stereocenters. The van der Waals surface area contributed by atoms with E-state index in [0.29, 0.717) is 0 Å². The van der Waals surface area contributed by atoms with Gasteiger partial charge < -0.3 is 14.9 Å². The number of esters is 1. The summed E-state index contributed by atoms with van der Waals surface area (Å²) >= 11 is 0. The van der Waals surface area contributed by atoms with E-state index in [-0.39, 0.29) is 5.56 Å². The van der Waals surface area contributed by atoms with Gasteiger partial charge in [0.05, 0.1) is 19.1 Å². The second kappa shape index (κ2) is 6.01. The molecule has 6 heteroatoms. The molecule has 1 unspecified atom stereocenters. The van der Waals surface area contributed by atoms with Crippen LogP contribution >= 0.6 is 0 Å². The van der Waals surface area contributed by atoms with E-state index < -0.39 is 35.3 Å². The van der Waals surface area contributed by atoms with Crippen LogP contribution in [-0.2, 0) is 24.5 Å². The molecule has 1 aromatic carbocycles. The molecule has 6 nitrogen and oxygen atoms in total. The number of benzene rings is 1. The maximum atomic E-state index is 11.7. The highest BCUT2D eigenvalue weighted by molar-refractivity contribution is 6.02. The maximum Gasteiger partial charge on any atom is 0.332 e. The van der Waals surface area contributed by atoms with Gasteiger partial charge in [0.2, 0.25) is 0 Å².